The molecule has 0 unspecified atom stereocenters. The van der Waals surface area contributed by atoms with Crippen molar-refractivity contribution in [2.24, 2.45) is 5.73 Å². The van der Waals surface area contributed by atoms with Gasteiger partial charge in [-0.05, 0) is 44.0 Å². The normalized spacial score (nSPS) is 10.1. The van der Waals surface area contributed by atoms with Gasteiger partial charge in [0.2, 0.25) is 0 Å². The lowest BCUT2D eigenvalue weighted by Crippen LogP contribution is -2.07. The molecule has 0 fully saturated rings. The molecule has 0 amide bonds. The molecule has 94 valence electrons. The van der Waals surface area contributed by atoms with E-state index in [0.29, 0.717) is 18.0 Å². The summed E-state index contributed by atoms with van der Waals surface area (Å²) in [4.78, 5) is 10.8. The number of rotatable bonds is 7. The second-order valence-corrected chi connectivity index (χ2v) is 3.87. The fourth-order valence-electron chi connectivity index (χ4n) is 1.47. The lowest BCUT2D eigenvalue weighted by molar-refractivity contribution is -0.118. The molecule has 0 atom stereocenters. The van der Waals surface area contributed by atoms with Gasteiger partial charge in [-0.3, -0.25) is 4.79 Å². The van der Waals surface area contributed by atoms with Crippen molar-refractivity contribution >= 4 is 5.78 Å². The summed E-state index contributed by atoms with van der Waals surface area (Å²) in [6.45, 7) is 2.23. The number of hydrogen-bond acceptors (Lipinski definition) is 4. The molecule has 17 heavy (non-hydrogen) atoms. The van der Waals surface area contributed by atoms with Gasteiger partial charge in [0.15, 0.2) is 17.3 Å². The zero-order valence-corrected chi connectivity index (χ0v) is 10.4. The van der Waals surface area contributed by atoms with E-state index in [-0.39, 0.29) is 12.4 Å². The Hall–Kier alpha value is -1.55. The third kappa shape index (κ3) is 4.44. The quantitative estimate of drug-likeness (QED) is 0.781. The first kappa shape index (κ1) is 13.5. The molecule has 1 aromatic carbocycles. The predicted octanol–water partition coefficient (Wildman–Crippen LogP) is 1.55. The molecule has 0 saturated heterocycles. The van der Waals surface area contributed by atoms with Crippen LogP contribution < -0.4 is 15.2 Å². The first-order valence-corrected chi connectivity index (χ1v) is 5.66. The van der Waals surface area contributed by atoms with Crippen molar-refractivity contribution in [1.82, 2.24) is 0 Å². The average Bonchev–Trinajstić information content (AvgIpc) is 2.34. The lowest BCUT2D eigenvalue weighted by Gasteiger charge is -2.11. The zero-order valence-electron chi connectivity index (χ0n) is 10.4. The maximum absolute atomic E-state index is 10.8. The number of methoxy groups -OCH3 is 1. The molecular weight excluding hydrogens is 218 g/mol. The Labute approximate surface area is 102 Å². The lowest BCUT2D eigenvalue weighted by atomic mass is 10.1. The number of ketones is 1. The van der Waals surface area contributed by atoms with Crippen LogP contribution in [0.25, 0.3) is 0 Å². The van der Waals surface area contributed by atoms with Crippen molar-refractivity contribution in [3.8, 4) is 11.5 Å². The third-order valence-corrected chi connectivity index (χ3v) is 2.33. The largest absolute Gasteiger partial charge is 0.493 e. The van der Waals surface area contributed by atoms with E-state index in [1.807, 2.05) is 18.2 Å². The standard InChI is InChI=1S/C13H19NO3/c1-10(15)9-17-12-6-5-11(4-3-7-14)8-13(12)16-2/h5-6,8H,3-4,7,9,14H2,1-2H3. The van der Waals surface area contributed by atoms with Gasteiger partial charge in [0.25, 0.3) is 0 Å². The molecule has 0 spiro atoms. The van der Waals surface area contributed by atoms with Crippen molar-refractivity contribution < 1.29 is 14.3 Å². The van der Waals surface area contributed by atoms with E-state index in [1.54, 1.807) is 7.11 Å². The highest BCUT2D eigenvalue weighted by Crippen LogP contribution is 2.28. The van der Waals surface area contributed by atoms with E-state index in [0.717, 1.165) is 18.4 Å². The Kier molecular flexibility index (Phi) is 5.49. The minimum atomic E-state index is -0.0146. The summed E-state index contributed by atoms with van der Waals surface area (Å²) >= 11 is 0. The highest BCUT2D eigenvalue weighted by atomic mass is 16.5. The summed E-state index contributed by atoms with van der Waals surface area (Å²) in [6, 6.07) is 5.71. The van der Waals surface area contributed by atoms with Crippen LogP contribution in [0.15, 0.2) is 18.2 Å². The summed E-state index contributed by atoms with van der Waals surface area (Å²) in [6.07, 6.45) is 1.86. The molecule has 0 aliphatic rings. The van der Waals surface area contributed by atoms with Crippen LogP contribution in [0.3, 0.4) is 0 Å². The summed E-state index contributed by atoms with van der Waals surface area (Å²) in [5.41, 5.74) is 6.62. The van der Waals surface area contributed by atoms with E-state index in [9.17, 15) is 4.79 Å². The van der Waals surface area contributed by atoms with Crippen molar-refractivity contribution in [2.75, 3.05) is 20.3 Å². The van der Waals surface area contributed by atoms with Gasteiger partial charge in [-0.2, -0.15) is 0 Å². The number of Topliss-reactive ketones (excluding diaryl/α,β-unsaturated/α-hetero) is 1. The molecule has 1 aromatic rings. The Morgan fingerprint density at radius 1 is 1.35 bits per heavy atom. The molecule has 1 rings (SSSR count). The first-order chi connectivity index (χ1) is 8.17. The van der Waals surface area contributed by atoms with Gasteiger partial charge in [0.1, 0.15) is 6.61 Å². The molecule has 4 heteroatoms. The molecule has 4 nitrogen and oxygen atoms in total. The molecule has 0 saturated carbocycles. The minimum Gasteiger partial charge on any atom is -0.493 e. The van der Waals surface area contributed by atoms with E-state index in [4.69, 9.17) is 15.2 Å². The van der Waals surface area contributed by atoms with Crippen LogP contribution >= 0.6 is 0 Å². The first-order valence-electron chi connectivity index (χ1n) is 5.66. The Morgan fingerprint density at radius 3 is 2.71 bits per heavy atom. The molecule has 0 bridgehead atoms. The smallest absolute Gasteiger partial charge is 0.167 e. The van der Waals surface area contributed by atoms with Gasteiger partial charge in [0.05, 0.1) is 7.11 Å². The van der Waals surface area contributed by atoms with E-state index >= 15 is 0 Å². The van der Waals surface area contributed by atoms with Gasteiger partial charge >= 0.3 is 0 Å². The highest BCUT2D eigenvalue weighted by molar-refractivity contribution is 5.77. The molecule has 0 aliphatic carbocycles. The number of ether oxygens (including phenoxy) is 2. The van der Waals surface area contributed by atoms with Crippen LogP contribution in [0.5, 0.6) is 11.5 Å². The minimum absolute atomic E-state index is 0.0146. The molecule has 0 radical (unpaired) electrons. The fourth-order valence-corrected chi connectivity index (χ4v) is 1.47. The second-order valence-electron chi connectivity index (χ2n) is 3.87. The topological polar surface area (TPSA) is 61.6 Å². The number of hydrogen-bond donors (Lipinski definition) is 1. The fraction of sp³-hybridized carbons (Fsp3) is 0.462. The van der Waals surface area contributed by atoms with Gasteiger partial charge in [-0.25, -0.2) is 0 Å². The van der Waals surface area contributed by atoms with Crippen LogP contribution in [0, 0.1) is 0 Å². The SMILES string of the molecule is COc1cc(CCCN)ccc1OCC(C)=O. The van der Waals surface area contributed by atoms with Crippen molar-refractivity contribution in [3.63, 3.8) is 0 Å². The van der Waals surface area contributed by atoms with Crippen LogP contribution in [-0.4, -0.2) is 26.0 Å². The molecule has 2 N–H and O–H groups in total. The van der Waals surface area contributed by atoms with E-state index in [1.165, 1.54) is 6.92 Å². The Morgan fingerprint density at radius 2 is 2.12 bits per heavy atom. The van der Waals surface area contributed by atoms with Crippen molar-refractivity contribution in [2.45, 2.75) is 19.8 Å². The molecular formula is C13H19NO3. The van der Waals surface area contributed by atoms with Gasteiger partial charge in [-0.1, -0.05) is 6.07 Å². The number of carbonyl (C=O) groups excluding carboxylic acids is 1. The van der Waals surface area contributed by atoms with E-state index in [2.05, 4.69) is 0 Å². The van der Waals surface area contributed by atoms with Gasteiger partial charge < -0.3 is 15.2 Å². The summed E-state index contributed by atoms with van der Waals surface area (Å²) in [5.74, 6) is 1.24. The monoisotopic (exact) mass is 237 g/mol. The summed E-state index contributed by atoms with van der Waals surface area (Å²) in [7, 11) is 1.59. The Bertz CT molecular complexity index is 377. The third-order valence-electron chi connectivity index (χ3n) is 2.33. The van der Waals surface area contributed by atoms with Crippen LogP contribution in [-0.2, 0) is 11.2 Å². The molecule has 0 aromatic heterocycles. The number of nitrogens with two attached hydrogens (primary N) is 1. The van der Waals surface area contributed by atoms with Gasteiger partial charge in [-0.15, -0.1) is 0 Å². The second kappa shape index (κ2) is 6.91. The zero-order chi connectivity index (χ0) is 12.7. The summed E-state index contributed by atoms with van der Waals surface area (Å²) < 4.78 is 10.6. The number of carbonyl (C=O) groups is 1. The van der Waals surface area contributed by atoms with Crippen LogP contribution in [0.4, 0.5) is 0 Å². The molecule has 0 aliphatic heterocycles. The van der Waals surface area contributed by atoms with E-state index < -0.39 is 0 Å². The average molecular weight is 237 g/mol. The Balaban J connectivity index is 2.74. The van der Waals surface area contributed by atoms with Crippen LogP contribution in [0.1, 0.15) is 18.9 Å². The van der Waals surface area contributed by atoms with Crippen LogP contribution in [0.2, 0.25) is 0 Å². The maximum atomic E-state index is 10.8. The predicted molar refractivity (Wildman–Crippen MR) is 66.5 cm³/mol. The maximum Gasteiger partial charge on any atom is 0.167 e. The summed E-state index contributed by atoms with van der Waals surface area (Å²) in [5, 5.41) is 0. The number of benzene rings is 1. The number of aryl methyl sites for hydroxylation is 1. The highest BCUT2D eigenvalue weighted by Gasteiger charge is 2.06. The molecule has 0 heterocycles. The van der Waals surface area contributed by atoms with Gasteiger partial charge in [0, 0.05) is 0 Å². The van der Waals surface area contributed by atoms with Crippen molar-refractivity contribution in [1.29, 1.82) is 0 Å². The van der Waals surface area contributed by atoms with Crippen molar-refractivity contribution in [3.05, 3.63) is 23.8 Å².